The molecule has 0 bridgehead atoms. The Morgan fingerprint density at radius 1 is 1.18 bits per heavy atom. The topological polar surface area (TPSA) is 0 Å². The molecule has 1 aliphatic rings. The summed E-state index contributed by atoms with van der Waals surface area (Å²) in [5, 5.41) is 0. The molecule has 0 unspecified atom stereocenters. The minimum atomic E-state index is -0.753. The van der Waals surface area contributed by atoms with Gasteiger partial charge in [0.25, 0.3) is 0 Å². The molecule has 62 valence electrons. The van der Waals surface area contributed by atoms with E-state index < -0.39 is 8.07 Å². The number of hydrogen-bond donors (Lipinski definition) is 0. The van der Waals surface area contributed by atoms with Crippen LogP contribution in [0.4, 0.5) is 0 Å². The van der Waals surface area contributed by atoms with E-state index in [4.69, 9.17) is 0 Å². The van der Waals surface area contributed by atoms with E-state index in [0.717, 1.165) is 0 Å². The molecule has 0 N–H and O–H groups in total. The summed E-state index contributed by atoms with van der Waals surface area (Å²) in [7, 11) is -0.753. The van der Waals surface area contributed by atoms with Crippen LogP contribution in [0.3, 0.4) is 0 Å². The van der Waals surface area contributed by atoms with Crippen molar-refractivity contribution in [3.05, 3.63) is 25.3 Å². The number of allylic oxidation sites excluding steroid dienone is 2. The Hall–Kier alpha value is -0.303. The summed E-state index contributed by atoms with van der Waals surface area (Å²) in [5.41, 5.74) is 0. The van der Waals surface area contributed by atoms with Crippen LogP contribution in [0.15, 0.2) is 25.3 Å². The van der Waals surface area contributed by atoms with E-state index in [2.05, 4.69) is 25.3 Å². The van der Waals surface area contributed by atoms with E-state index in [9.17, 15) is 0 Å². The van der Waals surface area contributed by atoms with E-state index in [1.165, 1.54) is 24.9 Å². The molecule has 1 heteroatoms. The molecule has 1 fully saturated rings. The lowest BCUT2D eigenvalue weighted by Gasteiger charge is -2.39. The van der Waals surface area contributed by atoms with Crippen molar-refractivity contribution in [1.82, 2.24) is 0 Å². The van der Waals surface area contributed by atoms with Gasteiger partial charge in [-0.2, -0.15) is 0 Å². The minimum Gasteiger partial charge on any atom is -0.103 e. The lowest BCUT2D eigenvalue weighted by atomic mass is 10.5. The first-order valence-electron chi connectivity index (χ1n) is 4.55. The van der Waals surface area contributed by atoms with E-state index in [1.54, 1.807) is 12.1 Å². The lowest BCUT2D eigenvalue weighted by Crippen LogP contribution is -2.40. The summed E-state index contributed by atoms with van der Waals surface area (Å²) in [6.45, 7) is 7.62. The number of hydrogen-bond acceptors (Lipinski definition) is 0. The first-order valence-corrected chi connectivity index (χ1v) is 7.38. The molecule has 1 heterocycles. The van der Waals surface area contributed by atoms with E-state index in [0.29, 0.717) is 0 Å². The third-order valence-corrected chi connectivity index (χ3v) is 8.20. The highest BCUT2D eigenvalue weighted by Crippen LogP contribution is 2.40. The second kappa shape index (κ2) is 3.91. The zero-order valence-corrected chi connectivity index (χ0v) is 8.31. The smallest absolute Gasteiger partial charge is 0.0576 e. The van der Waals surface area contributed by atoms with Crippen LogP contribution >= 0.6 is 0 Å². The molecule has 0 aromatic heterocycles. The van der Waals surface area contributed by atoms with Crippen LogP contribution < -0.4 is 0 Å². The largest absolute Gasteiger partial charge is 0.103 e. The van der Waals surface area contributed by atoms with Gasteiger partial charge < -0.3 is 0 Å². The summed E-state index contributed by atoms with van der Waals surface area (Å²) >= 11 is 0. The Bertz CT molecular complexity index is 145. The fraction of sp³-hybridized carbons (Fsp3) is 0.600. The molecule has 0 spiro atoms. The van der Waals surface area contributed by atoms with Crippen LogP contribution in [0, 0.1) is 0 Å². The molecule has 0 aromatic carbocycles. The summed E-state index contributed by atoms with van der Waals surface area (Å²) in [6, 6.07) is 5.91. The third-order valence-electron chi connectivity index (χ3n) is 2.87. The predicted molar refractivity (Wildman–Crippen MR) is 54.6 cm³/mol. The van der Waals surface area contributed by atoms with Crippen LogP contribution in [0.1, 0.15) is 12.8 Å². The van der Waals surface area contributed by atoms with Gasteiger partial charge in [0.2, 0.25) is 0 Å². The van der Waals surface area contributed by atoms with Crippen LogP contribution in [0.2, 0.25) is 24.2 Å². The van der Waals surface area contributed by atoms with Gasteiger partial charge in [-0.25, -0.2) is 0 Å². The summed E-state index contributed by atoms with van der Waals surface area (Å²) in [4.78, 5) is 0. The van der Waals surface area contributed by atoms with Gasteiger partial charge in [0.1, 0.15) is 0 Å². The Labute approximate surface area is 71.0 Å². The molecule has 1 rings (SSSR count). The second-order valence-electron chi connectivity index (χ2n) is 3.67. The van der Waals surface area contributed by atoms with E-state index in [1.807, 2.05) is 0 Å². The summed E-state index contributed by atoms with van der Waals surface area (Å²) in [5.74, 6) is 0. The SMILES string of the molecule is C=CCC[Si]1(CC=C)CCC1. The molecule has 0 aromatic rings. The highest BCUT2D eigenvalue weighted by Gasteiger charge is 2.36. The number of rotatable bonds is 5. The highest BCUT2D eigenvalue weighted by molar-refractivity contribution is 6.82. The van der Waals surface area contributed by atoms with Crippen LogP contribution in [0.25, 0.3) is 0 Å². The van der Waals surface area contributed by atoms with Gasteiger partial charge in [-0.05, 0) is 12.5 Å². The maximum atomic E-state index is 3.84. The predicted octanol–water partition coefficient (Wildman–Crippen LogP) is 3.60. The molecule has 0 aliphatic carbocycles. The molecule has 0 atom stereocenters. The maximum absolute atomic E-state index is 3.84. The van der Waals surface area contributed by atoms with Crippen molar-refractivity contribution in [2.75, 3.05) is 0 Å². The van der Waals surface area contributed by atoms with Crippen LogP contribution in [-0.4, -0.2) is 8.07 Å². The average Bonchev–Trinajstić information content (AvgIpc) is 1.95. The fourth-order valence-corrected chi connectivity index (χ4v) is 5.84. The van der Waals surface area contributed by atoms with Crippen molar-refractivity contribution >= 4 is 8.07 Å². The zero-order chi connectivity index (χ0) is 8.16. The molecular weight excluding hydrogens is 148 g/mol. The molecule has 1 aliphatic heterocycles. The third kappa shape index (κ3) is 2.06. The standard InChI is InChI=1S/C10H18Si/c1-3-5-8-11(7-4-2)9-6-10-11/h3-4H,1-2,5-10H2. The Balaban J connectivity index is 2.32. The molecule has 0 radical (unpaired) electrons. The molecular formula is C10H18Si. The molecule has 0 nitrogen and oxygen atoms in total. The van der Waals surface area contributed by atoms with Crippen molar-refractivity contribution in [1.29, 1.82) is 0 Å². The summed E-state index contributed by atoms with van der Waals surface area (Å²) in [6.07, 6.45) is 6.92. The average molecular weight is 166 g/mol. The minimum absolute atomic E-state index is 0.753. The van der Waals surface area contributed by atoms with Crippen molar-refractivity contribution in [2.24, 2.45) is 0 Å². The van der Waals surface area contributed by atoms with Gasteiger partial charge in [0.15, 0.2) is 0 Å². The van der Waals surface area contributed by atoms with Crippen molar-refractivity contribution in [3.8, 4) is 0 Å². The Kier molecular flexibility index (Phi) is 3.12. The van der Waals surface area contributed by atoms with Crippen LogP contribution in [0.5, 0.6) is 0 Å². The normalized spacial score (nSPS) is 20.4. The molecule has 0 amide bonds. The quantitative estimate of drug-likeness (QED) is 0.432. The monoisotopic (exact) mass is 166 g/mol. The second-order valence-corrected chi connectivity index (χ2v) is 8.58. The van der Waals surface area contributed by atoms with Gasteiger partial charge in [0.05, 0.1) is 8.07 Å². The molecule has 1 saturated heterocycles. The first-order chi connectivity index (χ1) is 5.33. The van der Waals surface area contributed by atoms with E-state index >= 15 is 0 Å². The van der Waals surface area contributed by atoms with Gasteiger partial charge in [-0.1, -0.05) is 36.7 Å². The first kappa shape index (κ1) is 8.79. The van der Waals surface area contributed by atoms with Crippen molar-refractivity contribution < 1.29 is 0 Å². The van der Waals surface area contributed by atoms with Gasteiger partial charge >= 0.3 is 0 Å². The van der Waals surface area contributed by atoms with Crippen molar-refractivity contribution in [2.45, 2.75) is 37.0 Å². The highest BCUT2D eigenvalue weighted by atomic mass is 28.3. The zero-order valence-electron chi connectivity index (χ0n) is 7.31. The maximum Gasteiger partial charge on any atom is 0.0576 e. The molecule has 11 heavy (non-hydrogen) atoms. The van der Waals surface area contributed by atoms with Crippen molar-refractivity contribution in [3.63, 3.8) is 0 Å². The Morgan fingerprint density at radius 3 is 2.27 bits per heavy atom. The van der Waals surface area contributed by atoms with Gasteiger partial charge in [-0.15, -0.1) is 13.2 Å². The van der Waals surface area contributed by atoms with Crippen LogP contribution in [-0.2, 0) is 0 Å². The molecule has 0 saturated carbocycles. The summed E-state index contributed by atoms with van der Waals surface area (Å²) < 4.78 is 0. The fourth-order valence-electron chi connectivity index (χ4n) is 1.95. The lowest BCUT2D eigenvalue weighted by molar-refractivity contribution is 0.859. The Morgan fingerprint density at radius 2 is 1.91 bits per heavy atom. The van der Waals surface area contributed by atoms with Gasteiger partial charge in [-0.3, -0.25) is 0 Å². The van der Waals surface area contributed by atoms with E-state index in [-0.39, 0.29) is 0 Å². The van der Waals surface area contributed by atoms with Gasteiger partial charge in [0, 0.05) is 0 Å².